The Bertz CT molecular complexity index is 648. The summed E-state index contributed by atoms with van der Waals surface area (Å²) in [5.41, 5.74) is 0. The largest absolute Gasteiger partial charge is 0.354 e. The van der Waals surface area contributed by atoms with Gasteiger partial charge < -0.3 is 10.6 Å². The Kier molecular flexibility index (Phi) is 33.3. The summed E-state index contributed by atoms with van der Waals surface area (Å²) in [5, 5.41) is 5.86. The molecule has 0 fully saturated rings. The highest BCUT2D eigenvalue weighted by Crippen LogP contribution is 2.09. The van der Waals surface area contributed by atoms with Gasteiger partial charge in [-0.3, -0.25) is 9.59 Å². The normalized spacial score (nSPS) is 12.0. The van der Waals surface area contributed by atoms with Gasteiger partial charge in [0.25, 0.3) is 0 Å². The van der Waals surface area contributed by atoms with E-state index in [9.17, 15) is 9.59 Å². The van der Waals surface area contributed by atoms with Gasteiger partial charge >= 0.3 is 0 Å². The minimum atomic E-state index is 0.101. The quantitative estimate of drug-likeness (QED) is 0.0629. The lowest BCUT2D eigenvalue weighted by Crippen LogP contribution is -2.34. The third-order valence-electron chi connectivity index (χ3n) is 7.48. The van der Waals surface area contributed by atoms with Crippen LogP contribution in [0.4, 0.5) is 0 Å². The molecule has 0 aliphatic rings. The van der Waals surface area contributed by atoms with Gasteiger partial charge in [-0.1, -0.05) is 127 Å². The van der Waals surface area contributed by atoms with Crippen LogP contribution in [0, 0.1) is 0 Å². The molecule has 0 saturated carbocycles. The zero-order chi connectivity index (χ0) is 30.6. The van der Waals surface area contributed by atoms with Crippen LogP contribution in [0.25, 0.3) is 0 Å². The molecule has 42 heavy (non-hydrogen) atoms. The minimum absolute atomic E-state index is 0.101. The van der Waals surface area contributed by atoms with E-state index in [1.54, 1.807) is 0 Å². The van der Waals surface area contributed by atoms with Gasteiger partial charge in [0.15, 0.2) is 0 Å². The second-order valence-corrected chi connectivity index (χ2v) is 11.7. The van der Waals surface area contributed by atoms with Crippen molar-refractivity contribution in [1.29, 1.82) is 0 Å². The van der Waals surface area contributed by atoms with Gasteiger partial charge in [-0.2, -0.15) is 0 Å². The van der Waals surface area contributed by atoms with E-state index in [4.69, 9.17) is 0 Å². The highest BCUT2D eigenvalue weighted by molar-refractivity contribution is 5.77. The highest BCUT2D eigenvalue weighted by Gasteiger charge is 2.03. The molecule has 0 spiro atoms. The summed E-state index contributed by atoms with van der Waals surface area (Å²) in [7, 11) is 0. The maximum absolute atomic E-state index is 12.0. The lowest BCUT2D eigenvalue weighted by molar-refractivity contribution is -0.123. The van der Waals surface area contributed by atoms with E-state index in [-0.39, 0.29) is 11.8 Å². The molecule has 2 amide bonds. The van der Waals surface area contributed by atoms with E-state index in [2.05, 4.69) is 73.1 Å². The van der Waals surface area contributed by atoms with Gasteiger partial charge in [0.2, 0.25) is 11.8 Å². The molecular formula is C38H68N2O2. The first kappa shape index (κ1) is 39.9. The van der Waals surface area contributed by atoms with Crippen molar-refractivity contribution in [1.82, 2.24) is 10.6 Å². The van der Waals surface area contributed by atoms with Crippen molar-refractivity contribution in [2.75, 3.05) is 13.1 Å². The minimum Gasteiger partial charge on any atom is -0.354 e. The van der Waals surface area contributed by atoms with Crippen LogP contribution in [-0.4, -0.2) is 24.9 Å². The van der Waals surface area contributed by atoms with Gasteiger partial charge in [-0.25, -0.2) is 0 Å². The monoisotopic (exact) mass is 585 g/mol. The zero-order valence-corrected chi connectivity index (χ0v) is 27.8. The lowest BCUT2D eigenvalue weighted by atomic mass is 10.1. The van der Waals surface area contributed by atoms with Gasteiger partial charge in [0.05, 0.1) is 0 Å². The second kappa shape index (κ2) is 35.1. The molecule has 0 bridgehead atoms. The molecule has 4 heteroatoms. The Labute approximate surface area is 261 Å². The first-order chi connectivity index (χ1) is 20.7. The van der Waals surface area contributed by atoms with Gasteiger partial charge in [-0.15, -0.1) is 0 Å². The third-order valence-corrected chi connectivity index (χ3v) is 7.48. The molecule has 0 unspecified atom stereocenters. The number of amides is 2. The van der Waals surface area contributed by atoms with Gasteiger partial charge in [0, 0.05) is 25.9 Å². The summed E-state index contributed by atoms with van der Waals surface area (Å²) in [5.74, 6) is 0.201. The first-order valence-electron chi connectivity index (χ1n) is 17.8. The number of carbonyl (C=O) groups is 2. The molecule has 0 saturated heterocycles. The van der Waals surface area contributed by atoms with Crippen LogP contribution in [0.2, 0.25) is 0 Å². The Morgan fingerprint density at radius 2 is 0.714 bits per heavy atom. The molecule has 0 aromatic rings. The van der Waals surface area contributed by atoms with Crippen LogP contribution >= 0.6 is 0 Å². The zero-order valence-electron chi connectivity index (χ0n) is 27.8. The van der Waals surface area contributed by atoms with Crippen molar-refractivity contribution in [3.8, 4) is 0 Å². The van der Waals surface area contributed by atoms with Crippen molar-refractivity contribution in [3.63, 3.8) is 0 Å². The average molecular weight is 585 g/mol. The molecule has 0 aromatic carbocycles. The van der Waals surface area contributed by atoms with Crippen LogP contribution in [0.3, 0.4) is 0 Å². The van der Waals surface area contributed by atoms with E-state index in [0.29, 0.717) is 25.9 Å². The third kappa shape index (κ3) is 34.1. The first-order valence-corrected chi connectivity index (χ1v) is 17.8. The molecule has 0 rings (SSSR count). The van der Waals surface area contributed by atoms with E-state index in [1.165, 1.54) is 89.9 Å². The number of carbonyl (C=O) groups excluding carboxylic acids is 2. The van der Waals surface area contributed by atoms with Crippen LogP contribution < -0.4 is 10.6 Å². The molecule has 0 aliphatic heterocycles. The summed E-state index contributed by atoms with van der Waals surface area (Å²) in [6, 6.07) is 0. The van der Waals surface area contributed by atoms with Gasteiger partial charge in [-0.05, 0) is 77.0 Å². The SMILES string of the molecule is CCCCCC=CCC=CCCCCCCCC(=O)NCCNC(=O)CCCCCCCC=CCC=CCCCCC. The maximum Gasteiger partial charge on any atom is 0.220 e. The van der Waals surface area contributed by atoms with E-state index < -0.39 is 0 Å². The Morgan fingerprint density at radius 3 is 1.07 bits per heavy atom. The van der Waals surface area contributed by atoms with Crippen molar-refractivity contribution in [2.24, 2.45) is 0 Å². The van der Waals surface area contributed by atoms with Crippen LogP contribution in [0.15, 0.2) is 48.6 Å². The molecule has 0 atom stereocenters. The van der Waals surface area contributed by atoms with Crippen molar-refractivity contribution in [3.05, 3.63) is 48.6 Å². The van der Waals surface area contributed by atoms with E-state index >= 15 is 0 Å². The molecular weight excluding hydrogens is 516 g/mol. The van der Waals surface area contributed by atoms with Crippen LogP contribution in [0.5, 0.6) is 0 Å². The van der Waals surface area contributed by atoms with Crippen molar-refractivity contribution in [2.45, 2.75) is 168 Å². The molecule has 0 radical (unpaired) electrons. The fourth-order valence-corrected chi connectivity index (χ4v) is 4.77. The molecule has 0 aliphatic carbocycles. The fraction of sp³-hybridized carbons (Fsp3) is 0.737. The Hall–Kier alpha value is -2.10. The molecule has 0 heterocycles. The molecule has 4 nitrogen and oxygen atoms in total. The Balaban J connectivity index is 3.40. The van der Waals surface area contributed by atoms with Crippen LogP contribution in [0.1, 0.15) is 168 Å². The number of hydrogen-bond acceptors (Lipinski definition) is 2. The second-order valence-electron chi connectivity index (χ2n) is 11.7. The van der Waals surface area contributed by atoms with E-state index in [1.807, 2.05) is 0 Å². The fourth-order valence-electron chi connectivity index (χ4n) is 4.77. The maximum atomic E-state index is 12.0. The summed E-state index contributed by atoms with van der Waals surface area (Å²) < 4.78 is 0. The standard InChI is InChI=1S/C38H68N2O2/c1-3-5-7-9-11-13-15-17-19-21-23-25-27-29-31-33-37(41)39-35-36-40-38(42)34-32-30-28-26-24-22-20-18-16-14-12-10-8-6-4-2/h11-14,17-20H,3-10,15-16,21-36H2,1-2H3,(H,39,41)(H,40,42). The molecule has 2 N–H and O–H groups in total. The Morgan fingerprint density at radius 1 is 0.405 bits per heavy atom. The lowest BCUT2D eigenvalue weighted by Gasteiger charge is -2.07. The number of rotatable bonds is 31. The van der Waals surface area contributed by atoms with E-state index in [0.717, 1.165) is 51.4 Å². The van der Waals surface area contributed by atoms with Gasteiger partial charge in [0.1, 0.15) is 0 Å². The number of unbranched alkanes of at least 4 members (excludes halogenated alkanes) is 16. The number of hydrogen-bond donors (Lipinski definition) is 2. The number of allylic oxidation sites excluding steroid dienone is 8. The topological polar surface area (TPSA) is 58.2 Å². The average Bonchev–Trinajstić information content (AvgIpc) is 2.99. The van der Waals surface area contributed by atoms with Crippen molar-refractivity contribution >= 4 is 11.8 Å². The highest BCUT2D eigenvalue weighted by atomic mass is 16.2. The number of nitrogens with one attached hydrogen (secondary N) is 2. The predicted molar refractivity (Wildman–Crippen MR) is 185 cm³/mol. The smallest absolute Gasteiger partial charge is 0.220 e. The molecule has 242 valence electrons. The summed E-state index contributed by atoms with van der Waals surface area (Å²) >= 11 is 0. The summed E-state index contributed by atoms with van der Waals surface area (Å²) in [6.45, 7) is 5.53. The van der Waals surface area contributed by atoms with Crippen LogP contribution in [-0.2, 0) is 9.59 Å². The predicted octanol–water partition coefficient (Wildman–Crippen LogP) is 10.8. The molecule has 0 aromatic heterocycles. The summed E-state index contributed by atoms with van der Waals surface area (Å²) in [6.07, 6.45) is 45.7. The summed E-state index contributed by atoms with van der Waals surface area (Å²) in [4.78, 5) is 24.0. The van der Waals surface area contributed by atoms with Crippen molar-refractivity contribution < 1.29 is 9.59 Å².